The zero-order chi connectivity index (χ0) is 13.7. The number of methoxy groups -OCH3 is 1. The van der Waals surface area contributed by atoms with E-state index in [0.29, 0.717) is 5.75 Å². The normalized spacial score (nSPS) is 19.5. The number of para-hydroxylation sites is 1. The van der Waals surface area contributed by atoms with E-state index in [0.717, 1.165) is 32.4 Å². The summed E-state index contributed by atoms with van der Waals surface area (Å²) in [4.78, 5) is 12.2. The van der Waals surface area contributed by atoms with Gasteiger partial charge in [0.1, 0.15) is 0 Å². The molecule has 104 valence electrons. The lowest BCUT2D eigenvalue weighted by Crippen LogP contribution is -2.40. The maximum Gasteiger partial charge on any atom is 0.255 e. The van der Waals surface area contributed by atoms with Crippen LogP contribution in [0.15, 0.2) is 18.2 Å². The molecule has 1 aliphatic rings. The summed E-state index contributed by atoms with van der Waals surface area (Å²) in [5.41, 5.74) is 0.253. The van der Waals surface area contributed by atoms with Crippen LogP contribution in [-0.4, -0.2) is 37.3 Å². The van der Waals surface area contributed by atoms with E-state index in [9.17, 15) is 9.90 Å². The summed E-state index contributed by atoms with van der Waals surface area (Å²) >= 11 is 0. The van der Waals surface area contributed by atoms with E-state index in [4.69, 9.17) is 4.74 Å². The first kappa shape index (κ1) is 13.7. The van der Waals surface area contributed by atoms with E-state index >= 15 is 0 Å². The van der Waals surface area contributed by atoms with Crippen LogP contribution in [0.25, 0.3) is 0 Å². The van der Waals surface area contributed by atoms with Gasteiger partial charge < -0.3 is 20.5 Å². The van der Waals surface area contributed by atoms with E-state index in [1.807, 2.05) is 0 Å². The van der Waals surface area contributed by atoms with Crippen molar-refractivity contribution in [3.63, 3.8) is 0 Å². The SMILES string of the molecule is COc1cccc(C(=O)NC2CCCCNC2)c1O. The van der Waals surface area contributed by atoms with Gasteiger partial charge in [0.25, 0.3) is 5.91 Å². The molecule has 1 aromatic rings. The van der Waals surface area contributed by atoms with Gasteiger partial charge in [-0.1, -0.05) is 12.5 Å². The molecule has 0 spiro atoms. The van der Waals surface area contributed by atoms with E-state index in [-0.39, 0.29) is 23.3 Å². The Bertz CT molecular complexity index is 440. The molecule has 0 saturated carbocycles. The minimum absolute atomic E-state index is 0.107. The molecule has 1 amide bonds. The predicted molar refractivity (Wildman–Crippen MR) is 72.6 cm³/mol. The number of phenolic OH excluding ortho intramolecular Hbond substituents is 1. The van der Waals surface area contributed by atoms with Gasteiger partial charge in [0.15, 0.2) is 11.5 Å². The van der Waals surface area contributed by atoms with Crippen molar-refractivity contribution in [3.05, 3.63) is 23.8 Å². The zero-order valence-corrected chi connectivity index (χ0v) is 11.1. The van der Waals surface area contributed by atoms with Crippen molar-refractivity contribution in [1.82, 2.24) is 10.6 Å². The van der Waals surface area contributed by atoms with Crippen molar-refractivity contribution in [2.45, 2.75) is 25.3 Å². The van der Waals surface area contributed by atoms with E-state index in [1.54, 1.807) is 18.2 Å². The first-order valence-electron chi connectivity index (χ1n) is 6.60. The van der Waals surface area contributed by atoms with Crippen molar-refractivity contribution >= 4 is 5.91 Å². The molecule has 1 atom stereocenters. The molecule has 1 fully saturated rings. The van der Waals surface area contributed by atoms with Gasteiger partial charge in [0.2, 0.25) is 0 Å². The molecule has 1 heterocycles. The molecule has 0 aliphatic carbocycles. The number of rotatable bonds is 3. The highest BCUT2D eigenvalue weighted by atomic mass is 16.5. The molecule has 0 radical (unpaired) electrons. The fourth-order valence-electron chi connectivity index (χ4n) is 2.28. The average Bonchev–Trinajstić information content (AvgIpc) is 2.67. The van der Waals surface area contributed by atoms with Crippen LogP contribution in [0.5, 0.6) is 11.5 Å². The summed E-state index contributed by atoms with van der Waals surface area (Å²) in [5, 5.41) is 16.2. The third-order valence-electron chi connectivity index (χ3n) is 3.35. The van der Waals surface area contributed by atoms with Crippen LogP contribution >= 0.6 is 0 Å². The lowest BCUT2D eigenvalue weighted by molar-refractivity contribution is 0.0932. The molecule has 1 aliphatic heterocycles. The standard InChI is InChI=1S/C14H20N2O3/c1-19-12-7-4-6-11(13(12)17)14(18)16-10-5-2-3-8-15-9-10/h4,6-7,10,15,17H,2-3,5,8-9H2,1H3,(H,16,18). The number of amides is 1. The highest BCUT2D eigenvalue weighted by molar-refractivity contribution is 5.97. The van der Waals surface area contributed by atoms with Gasteiger partial charge in [0.05, 0.1) is 12.7 Å². The quantitative estimate of drug-likeness (QED) is 0.769. The summed E-state index contributed by atoms with van der Waals surface area (Å²) in [6.45, 7) is 1.77. The lowest BCUT2D eigenvalue weighted by atomic mass is 10.1. The van der Waals surface area contributed by atoms with Crippen molar-refractivity contribution in [2.75, 3.05) is 20.2 Å². The van der Waals surface area contributed by atoms with Gasteiger partial charge in [-0.05, 0) is 31.5 Å². The Morgan fingerprint density at radius 1 is 1.47 bits per heavy atom. The van der Waals surface area contributed by atoms with Crippen LogP contribution in [0.3, 0.4) is 0 Å². The minimum Gasteiger partial charge on any atom is -0.504 e. The van der Waals surface area contributed by atoms with E-state index in [1.165, 1.54) is 7.11 Å². The minimum atomic E-state index is -0.259. The van der Waals surface area contributed by atoms with Gasteiger partial charge in [-0.15, -0.1) is 0 Å². The highest BCUT2D eigenvalue weighted by Gasteiger charge is 2.19. The van der Waals surface area contributed by atoms with Crippen LogP contribution in [0, 0.1) is 0 Å². The number of ether oxygens (including phenoxy) is 1. The third kappa shape index (κ3) is 3.38. The molecule has 0 bridgehead atoms. The van der Waals surface area contributed by atoms with Gasteiger partial charge in [0, 0.05) is 12.6 Å². The molecule has 1 unspecified atom stereocenters. The molecule has 1 aromatic carbocycles. The lowest BCUT2D eigenvalue weighted by Gasteiger charge is -2.17. The first-order valence-corrected chi connectivity index (χ1v) is 6.60. The maximum absolute atomic E-state index is 12.2. The van der Waals surface area contributed by atoms with Gasteiger partial charge in [-0.25, -0.2) is 0 Å². The largest absolute Gasteiger partial charge is 0.504 e. The number of benzene rings is 1. The van der Waals surface area contributed by atoms with Crippen LogP contribution in [0.2, 0.25) is 0 Å². The molecular formula is C14H20N2O3. The molecule has 3 N–H and O–H groups in total. The van der Waals surface area contributed by atoms with E-state index in [2.05, 4.69) is 10.6 Å². The molecule has 0 aromatic heterocycles. The Morgan fingerprint density at radius 2 is 2.32 bits per heavy atom. The fourth-order valence-corrected chi connectivity index (χ4v) is 2.28. The molecule has 1 saturated heterocycles. The third-order valence-corrected chi connectivity index (χ3v) is 3.35. The Balaban J connectivity index is 2.06. The second kappa shape index (κ2) is 6.43. The second-order valence-corrected chi connectivity index (χ2v) is 4.73. The number of hydrogen-bond donors (Lipinski definition) is 3. The molecule has 2 rings (SSSR count). The van der Waals surface area contributed by atoms with Crippen molar-refractivity contribution in [1.29, 1.82) is 0 Å². The van der Waals surface area contributed by atoms with Gasteiger partial charge >= 0.3 is 0 Å². The molecule has 5 nitrogen and oxygen atoms in total. The maximum atomic E-state index is 12.2. The number of phenols is 1. The number of carbonyl (C=O) groups excluding carboxylic acids is 1. The summed E-state index contributed by atoms with van der Waals surface area (Å²) in [6.07, 6.45) is 3.20. The van der Waals surface area contributed by atoms with Gasteiger partial charge in [-0.3, -0.25) is 4.79 Å². The Labute approximate surface area is 113 Å². The Hall–Kier alpha value is -1.75. The fraction of sp³-hybridized carbons (Fsp3) is 0.500. The summed E-state index contributed by atoms with van der Waals surface area (Å²) in [7, 11) is 1.46. The molecular weight excluding hydrogens is 244 g/mol. The van der Waals surface area contributed by atoms with E-state index < -0.39 is 0 Å². The van der Waals surface area contributed by atoms with Crippen LogP contribution in [-0.2, 0) is 0 Å². The van der Waals surface area contributed by atoms with Gasteiger partial charge in [-0.2, -0.15) is 0 Å². The first-order chi connectivity index (χ1) is 9.22. The van der Waals surface area contributed by atoms with Crippen molar-refractivity contribution in [3.8, 4) is 11.5 Å². The summed E-state index contributed by atoms with van der Waals surface area (Å²) in [6, 6.07) is 5.02. The summed E-state index contributed by atoms with van der Waals surface area (Å²) in [5.74, 6) is -0.0548. The number of aromatic hydroxyl groups is 1. The smallest absolute Gasteiger partial charge is 0.255 e. The van der Waals surface area contributed by atoms with Crippen LogP contribution in [0.4, 0.5) is 0 Å². The highest BCUT2D eigenvalue weighted by Crippen LogP contribution is 2.29. The van der Waals surface area contributed by atoms with Crippen LogP contribution in [0.1, 0.15) is 29.6 Å². The average molecular weight is 264 g/mol. The number of hydrogen-bond acceptors (Lipinski definition) is 4. The Morgan fingerprint density at radius 3 is 3.11 bits per heavy atom. The Kier molecular flexibility index (Phi) is 4.63. The van der Waals surface area contributed by atoms with Crippen molar-refractivity contribution in [2.24, 2.45) is 0 Å². The number of nitrogens with one attached hydrogen (secondary N) is 2. The van der Waals surface area contributed by atoms with Crippen LogP contribution < -0.4 is 15.4 Å². The monoisotopic (exact) mass is 264 g/mol. The molecule has 19 heavy (non-hydrogen) atoms. The molecule has 5 heteroatoms. The predicted octanol–water partition coefficient (Wildman–Crippen LogP) is 1.27. The topological polar surface area (TPSA) is 70.6 Å². The zero-order valence-electron chi connectivity index (χ0n) is 11.1. The van der Waals surface area contributed by atoms with Crippen molar-refractivity contribution < 1.29 is 14.6 Å². The summed E-state index contributed by atoms with van der Waals surface area (Å²) < 4.78 is 5.00. The number of carbonyl (C=O) groups is 1. The second-order valence-electron chi connectivity index (χ2n) is 4.73.